The number of aliphatic hydroxyl groups is 1. The molecule has 0 aromatic heterocycles. The highest BCUT2D eigenvalue weighted by atomic mass is 16.5. The molecule has 1 saturated heterocycles. The van der Waals surface area contributed by atoms with Gasteiger partial charge in [-0.1, -0.05) is 31.0 Å². The summed E-state index contributed by atoms with van der Waals surface area (Å²) in [4.78, 5) is 4.43. The van der Waals surface area contributed by atoms with Crippen molar-refractivity contribution in [3.8, 4) is 5.75 Å². The third kappa shape index (κ3) is 4.61. The van der Waals surface area contributed by atoms with Crippen LogP contribution in [0.15, 0.2) is 29.3 Å². The van der Waals surface area contributed by atoms with Crippen molar-refractivity contribution in [1.29, 1.82) is 0 Å². The Labute approximate surface area is 168 Å². The fraction of sp³-hybridized carbons (Fsp3) is 0.682. The molecule has 1 aromatic rings. The predicted octanol–water partition coefficient (Wildman–Crippen LogP) is 2.46. The highest BCUT2D eigenvalue weighted by Crippen LogP contribution is 2.44. The molecule has 1 aliphatic carbocycles. The van der Waals surface area contributed by atoms with Crippen molar-refractivity contribution >= 4 is 5.96 Å². The number of nitrogens with zero attached hydrogens (tertiary/aromatic N) is 1. The van der Waals surface area contributed by atoms with Crippen LogP contribution in [0.3, 0.4) is 0 Å². The number of guanidine groups is 1. The van der Waals surface area contributed by atoms with Crippen molar-refractivity contribution < 1.29 is 14.6 Å². The summed E-state index contributed by atoms with van der Waals surface area (Å²) in [5, 5.41) is 16.5. The molecule has 1 aliphatic heterocycles. The first-order chi connectivity index (χ1) is 13.7. The van der Waals surface area contributed by atoms with Crippen LogP contribution in [0.2, 0.25) is 0 Å². The summed E-state index contributed by atoms with van der Waals surface area (Å²) in [6, 6.07) is 8.39. The summed E-state index contributed by atoms with van der Waals surface area (Å²) in [5.41, 5.74) is 1.36. The Balaban J connectivity index is 1.65. The zero-order chi connectivity index (χ0) is 19.9. The molecule has 0 spiro atoms. The van der Waals surface area contributed by atoms with Gasteiger partial charge in [0.25, 0.3) is 0 Å². The highest BCUT2D eigenvalue weighted by Gasteiger charge is 2.38. The molecule has 1 unspecified atom stereocenters. The quantitative estimate of drug-likeness (QED) is 0.470. The van der Waals surface area contributed by atoms with Crippen molar-refractivity contribution in [1.82, 2.24) is 10.6 Å². The lowest BCUT2D eigenvalue weighted by Gasteiger charge is -2.33. The summed E-state index contributed by atoms with van der Waals surface area (Å²) in [7, 11) is 3.56. The molecule has 3 rings (SSSR count). The van der Waals surface area contributed by atoms with Crippen LogP contribution < -0.4 is 15.4 Å². The first kappa shape index (κ1) is 20.9. The maximum atomic E-state index is 9.43. The fourth-order valence-corrected chi connectivity index (χ4v) is 4.73. The van der Waals surface area contributed by atoms with E-state index >= 15 is 0 Å². The van der Waals surface area contributed by atoms with Crippen molar-refractivity contribution in [3.05, 3.63) is 29.8 Å². The smallest absolute Gasteiger partial charge is 0.191 e. The van der Waals surface area contributed by atoms with E-state index in [-0.39, 0.29) is 17.4 Å². The Hall–Kier alpha value is -1.79. The van der Waals surface area contributed by atoms with Crippen molar-refractivity contribution in [2.75, 3.05) is 47.1 Å². The molecule has 1 aromatic carbocycles. The molecule has 1 heterocycles. The number of ether oxygens (including phenoxy) is 2. The number of aliphatic imine (C=N–C) groups is 1. The summed E-state index contributed by atoms with van der Waals surface area (Å²) >= 11 is 0. The van der Waals surface area contributed by atoms with Gasteiger partial charge < -0.3 is 25.2 Å². The van der Waals surface area contributed by atoms with Crippen LogP contribution in [0, 0.1) is 5.41 Å². The summed E-state index contributed by atoms with van der Waals surface area (Å²) < 4.78 is 11.3. The topological polar surface area (TPSA) is 75.1 Å². The number of hydrogen-bond donors (Lipinski definition) is 3. The second kappa shape index (κ2) is 9.61. The second-order valence-electron chi connectivity index (χ2n) is 8.24. The van der Waals surface area contributed by atoms with E-state index < -0.39 is 0 Å². The Bertz CT molecular complexity index is 650. The van der Waals surface area contributed by atoms with Gasteiger partial charge in [0.1, 0.15) is 5.75 Å². The van der Waals surface area contributed by atoms with E-state index in [9.17, 15) is 5.11 Å². The number of benzene rings is 1. The van der Waals surface area contributed by atoms with Gasteiger partial charge in [0.15, 0.2) is 5.96 Å². The van der Waals surface area contributed by atoms with Crippen molar-refractivity contribution in [2.45, 2.75) is 43.9 Å². The van der Waals surface area contributed by atoms with Gasteiger partial charge in [-0.05, 0) is 31.7 Å². The maximum absolute atomic E-state index is 9.43. The van der Waals surface area contributed by atoms with E-state index in [1.807, 2.05) is 13.1 Å². The van der Waals surface area contributed by atoms with E-state index in [0.29, 0.717) is 6.61 Å². The van der Waals surface area contributed by atoms with Crippen LogP contribution >= 0.6 is 0 Å². The Morgan fingerprint density at radius 2 is 1.93 bits per heavy atom. The normalized spacial score (nSPS) is 24.3. The molecule has 3 N–H and O–H groups in total. The first-order valence-electron chi connectivity index (χ1n) is 10.4. The molecule has 1 saturated carbocycles. The van der Waals surface area contributed by atoms with Crippen LogP contribution in [0.5, 0.6) is 5.75 Å². The van der Waals surface area contributed by atoms with Gasteiger partial charge in [0.05, 0.1) is 13.7 Å². The van der Waals surface area contributed by atoms with E-state index in [1.54, 1.807) is 7.11 Å². The molecule has 28 heavy (non-hydrogen) atoms. The maximum Gasteiger partial charge on any atom is 0.191 e. The van der Waals surface area contributed by atoms with Gasteiger partial charge in [0, 0.05) is 49.7 Å². The van der Waals surface area contributed by atoms with Gasteiger partial charge >= 0.3 is 0 Å². The molecule has 156 valence electrons. The molecule has 1 atom stereocenters. The third-order valence-electron chi connectivity index (χ3n) is 6.51. The Morgan fingerprint density at radius 3 is 2.57 bits per heavy atom. The zero-order valence-corrected chi connectivity index (χ0v) is 17.3. The van der Waals surface area contributed by atoms with Crippen molar-refractivity contribution in [2.24, 2.45) is 10.4 Å². The summed E-state index contributed by atoms with van der Waals surface area (Å²) in [6.45, 7) is 3.24. The molecular weight excluding hydrogens is 354 g/mol. The second-order valence-corrected chi connectivity index (χ2v) is 8.24. The molecule has 2 aliphatic rings. The molecule has 0 amide bonds. The largest absolute Gasteiger partial charge is 0.496 e. The average molecular weight is 390 g/mol. The van der Waals surface area contributed by atoms with Crippen LogP contribution in [0.1, 0.15) is 44.1 Å². The van der Waals surface area contributed by atoms with Gasteiger partial charge in [-0.2, -0.15) is 0 Å². The van der Waals surface area contributed by atoms with E-state index in [0.717, 1.165) is 57.1 Å². The predicted molar refractivity (Wildman–Crippen MR) is 112 cm³/mol. The molecular formula is C22H35N3O3. The molecule has 2 fully saturated rings. The standard InChI is InChI=1S/C22H35N3O3/c1-23-20(24-15-21(11-13-26)12-14-28-17-21)25-16-22(9-5-6-10-22)18-7-3-4-8-19(18)27-2/h3-4,7-8,26H,5-6,9-17H2,1-2H3,(H2,23,24,25). The highest BCUT2D eigenvalue weighted by molar-refractivity contribution is 5.79. The Kier molecular flexibility index (Phi) is 7.18. The minimum atomic E-state index is 0.0000654. The number of aliphatic hydroxyl groups excluding tert-OH is 1. The van der Waals surface area contributed by atoms with Gasteiger partial charge in [-0.3, -0.25) is 4.99 Å². The third-order valence-corrected chi connectivity index (χ3v) is 6.51. The van der Waals surface area contributed by atoms with Gasteiger partial charge in [0.2, 0.25) is 0 Å². The number of hydrogen-bond acceptors (Lipinski definition) is 4. The lowest BCUT2D eigenvalue weighted by Crippen LogP contribution is -2.48. The molecule has 6 heteroatoms. The number of methoxy groups -OCH3 is 1. The number of para-hydroxylation sites is 1. The summed E-state index contributed by atoms with van der Waals surface area (Å²) in [6.07, 6.45) is 6.51. The Morgan fingerprint density at radius 1 is 1.18 bits per heavy atom. The monoisotopic (exact) mass is 389 g/mol. The number of nitrogens with one attached hydrogen (secondary N) is 2. The van der Waals surface area contributed by atoms with Crippen molar-refractivity contribution in [3.63, 3.8) is 0 Å². The first-order valence-corrected chi connectivity index (χ1v) is 10.4. The lowest BCUT2D eigenvalue weighted by atomic mass is 9.78. The van der Waals surface area contributed by atoms with Crippen LogP contribution in [0.25, 0.3) is 0 Å². The average Bonchev–Trinajstić information content (AvgIpc) is 3.39. The SMILES string of the molecule is CN=C(NCC1(CCO)CCOC1)NCC1(c2ccccc2OC)CCCC1. The minimum Gasteiger partial charge on any atom is -0.496 e. The van der Waals surface area contributed by atoms with Crippen LogP contribution in [-0.2, 0) is 10.2 Å². The van der Waals surface area contributed by atoms with Gasteiger partial charge in [-0.25, -0.2) is 0 Å². The lowest BCUT2D eigenvalue weighted by molar-refractivity contribution is 0.127. The molecule has 0 bridgehead atoms. The van der Waals surface area contributed by atoms with Crippen LogP contribution in [-0.4, -0.2) is 58.1 Å². The van der Waals surface area contributed by atoms with Crippen LogP contribution in [0.4, 0.5) is 0 Å². The fourth-order valence-electron chi connectivity index (χ4n) is 4.73. The van der Waals surface area contributed by atoms with E-state index in [2.05, 4.69) is 33.8 Å². The molecule has 0 radical (unpaired) electrons. The van der Waals surface area contributed by atoms with E-state index in [4.69, 9.17) is 9.47 Å². The zero-order valence-electron chi connectivity index (χ0n) is 17.3. The van der Waals surface area contributed by atoms with E-state index in [1.165, 1.54) is 18.4 Å². The summed E-state index contributed by atoms with van der Waals surface area (Å²) in [5.74, 6) is 1.78. The number of rotatable bonds is 8. The minimum absolute atomic E-state index is 0.0000654. The molecule has 6 nitrogen and oxygen atoms in total. The van der Waals surface area contributed by atoms with Gasteiger partial charge in [-0.15, -0.1) is 0 Å².